The van der Waals surface area contributed by atoms with E-state index < -0.39 is 0 Å². The highest BCUT2D eigenvalue weighted by Crippen LogP contribution is 2.41. The van der Waals surface area contributed by atoms with Crippen LogP contribution >= 0.6 is 11.3 Å². The Kier molecular flexibility index (Phi) is 5.27. The van der Waals surface area contributed by atoms with E-state index in [0.29, 0.717) is 0 Å². The minimum absolute atomic E-state index is 0.144. The number of pyridine rings is 1. The molecule has 36 heavy (non-hydrogen) atoms. The summed E-state index contributed by atoms with van der Waals surface area (Å²) >= 11 is 1.73. The van der Waals surface area contributed by atoms with E-state index >= 15 is 0 Å². The minimum atomic E-state index is 0.144. The third-order valence-corrected chi connectivity index (χ3v) is 7.86. The number of aryl methyl sites for hydroxylation is 3. The molecule has 3 aromatic carbocycles. The first kappa shape index (κ1) is 22.9. The summed E-state index contributed by atoms with van der Waals surface area (Å²) in [5, 5.41) is 3.34. The van der Waals surface area contributed by atoms with E-state index in [4.69, 9.17) is 14.4 Å². The predicted molar refractivity (Wildman–Crippen MR) is 153 cm³/mol. The molecule has 0 saturated carbocycles. The fourth-order valence-corrected chi connectivity index (χ4v) is 6.38. The van der Waals surface area contributed by atoms with Crippen molar-refractivity contribution >= 4 is 43.5 Å². The highest BCUT2D eigenvalue weighted by molar-refractivity contribution is 7.19. The molecule has 3 nitrogen and oxygen atoms in total. The van der Waals surface area contributed by atoms with Crippen molar-refractivity contribution in [1.29, 1.82) is 0 Å². The summed E-state index contributed by atoms with van der Waals surface area (Å²) in [4.78, 5) is 9.71. The molecule has 0 atom stereocenters. The lowest BCUT2D eigenvalue weighted by Crippen LogP contribution is -2.11. The van der Waals surface area contributed by atoms with Crippen molar-refractivity contribution in [2.24, 2.45) is 5.41 Å². The van der Waals surface area contributed by atoms with Crippen LogP contribution in [0.25, 0.3) is 54.5 Å². The molecule has 180 valence electrons. The van der Waals surface area contributed by atoms with Crippen molar-refractivity contribution in [2.45, 2.75) is 48.0 Å². The van der Waals surface area contributed by atoms with Crippen LogP contribution in [0, 0.1) is 26.2 Å². The molecule has 0 saturated heterocycles. The molecule has 0 aliphatic heterocycles. The van der Waals surface area contributed by atoms with Gasteiger partial charge in [-0.05, 0) is 79.1 Å². The number of thiazole rings is 1. The van der Waals surface area contributed by atoms with Crippen LogP contribution in [0.5, 0.6) is 0 Å². The number of aromatic nitrogens is 2. The van der Waals surface area contributed by atoms with Crippen LogP contribution in [0.3, 0.4) is 0 Å². The molecule has 0 radical (unpaired) electrons. The summed E-state index contributed by atoms with van der Waals surface area (Å²) in [7, 11) is 0. The first-order valence-corrected chi connectivity index (χ1v) is 13.3. The molecule has 0 N–H and O–H groups in total. The molecule has 0 bridgehead atoms. The maximum absolute atomic E-state index is 6.49. The Morgan fingerprint density at radius 1 is 0.889 bits per heavy atom. The van der Waals surface area contributed by atoms with Gasteiger partial charge in [-0.2, -0.15) is 0 Å². The molecule has 3 aromatic heterocycles. The predicted octanol–water partition coefficient (Wildman–Crippen LogP) is 9.44. The van der Waals surface area contributed by atoms with E-state index in [1.165, 1.54) is 32.5 Å². The topological polar surface area (TPSA) is 38.9 Å². The van der Waals surface area contributed by atoms with E-state index in [0.717, 1.165) is 50.1 Å². The van der Waals surface area contributed by atoms with Gasteiger partial charge < -0.3 is 4.42 Å². The van der Waals surface area contributed by atoms with Crippen LogP contribution in [0.15, 0.2) is 65.2 Å². The zero-order valence-corrected chi connectivity index (χ0v) is 22.5. The monoisotopic (exact) mass is 490 g/mol. The lowest BCUT2D eigenvalue weighted by atomic mass is 9.83. The van der Waals surface area contributed by atoms with Crippen molar-refractivity contribution < 1.29 is 4.42 Å². The van der Waals surface area contributed by atoms with Gasteiger partial charge in [-0.25, -0.2) is 4.98 Å². The zero-order chi connectivity index (χ0) is 25.2. The van der Waals surface area contributed by atoms with Crippen molar-refractivity contribution in [2.75, 3.05) is 0 Å². The molecule has 3 heterocycles. The third kappa shape index (κ3) is 3.81. The number of hydrogen-bond donors (Lipinski definition) is 0. The number of benzene rings is 3. The molecule has 0 fully saturated rings. The quantitative estimate of drug-likeness (QED) is 0.248. The van der Waals surface area contributed by atoms with Gasteiger partial charge in [-0.3, -0.25) is 4.98 Å². The Labute approximate surface area is 215 Å². The third-order valence-electron chi connectivity index (χ3n) is 6.86. The lowest BCUT2D eigenvalue weighted by molar-refractivity contribution is 0.411. The Balaban J connectivity index is 1.59. The standard InChI is InChI=1S/C32H30N2OS/c1-18-9-7-10-19(2)28(18)24-17-33-26(15-21(24)16-32(4,5)6)22-11-8-12-23-29-27(35-30(22)23)14-13-25-31(29)36-20(3)34-25/h7-15,17H,16H2,1-6H3. The molecule has 0 amide bonds. The van der Waals surface area contributed by atoms with Crippen LogP contribution < -0.4 is 0 Å². The second kappa shape index (κ2) is 8.28. The van der Waals surface area contributed by atoms with Crippen LogP contribution in [-0.4, -0.2) is 9.97 Å². The molecule has 0 aliphatic carbocycles. The van der Waals surface area contributed by atoms with Crippen LogP contribution in [0.2, 0.25) is 0 Å². The van der Waals surface area contributed by atoms with E-state index in [1.807, 2.05) is 6.07 Å². The molecule has 6 aromatic rings. The maximum atomic E-state index is 6.49. The fourth-order valence-electron chi connectivity index (χ4n) is 5.41. The van der Waals surface area contributed by atoms with E-state index in [1.54, 1.807) is 11.3 Å². The lowest BCUT2D eigenvalue weighted by Gasteiger charge is -2.22. The Morgan fingerprint density at radius 2 is 1.64 bits per heavy atom. The number of rotatable bonds is 3. The summed E-state index contributed by atoms with van der Waals surface area (Å²) in [5.41, 5.74) is 11.3. The van der Waals surface area contributed by atoms with Gasteiger partial charge in [0.05, 0.1) is 20.9 Å². The van der Waals surface area contributed by atoms with Gasteiger partial charge in [0.15, 0.2) is 0 Å². The second-order valence-electron chi connectivity index (χ2n) is 11.0. The molecule has 4 heteroatoms. The average Bonchev–Trinajstić information content (AvgIpc) is 3.38. The molecule has 0 unspecified atom stereocenters. The van der Waals surface area contributed by atoms with Crippen LogP contribution in [-0.2, 0) is 6.42 Å². The van der Waals surface area contributed by atoms with Gasteiger partial charge in [-0.1, -0.05) is 51.1 Å². The normalized spacial score (nSPS) is 12.3. The van der Waals surface area contributed by atoms with Gasteiger partial charge in [0, 0.05) is 28.1 Å². The zero-order valence-electron chi connectivity index (χ0n) is 21.7. The Hall–Kier alpha value is -3.50. The Morgan fingerprint density at radius 3 is 2.39 bits per heavy atom. The minimum Gasteiger partial charge on any atom is -0.455 e. The fraction of sp³-hybridized carbons (Fsp3) is 0.250. The number of para-hydroxylation sites is 1. The number of hydrogen-bond acceptors (Lipinski definition) is 4. The van der Waals surface area contributed by atoms with Gasteiger partial charge in [0.1, 0.15) is 11.2 Å². The summed E-state index contributed by atoms with van der Waals surface area (Å²) in [6, 6.07) is 19.3. The van der Waals surface area contributed by atoms with E-state index in [2.05, 4.69) is 96.3 Å². The summed E-state index contributed by atoms with van der Waals surface area (Å²) < 4.78 is 7.68. The van der Waals surface area contributed by atoms with Crippen molar-refractivity contribution in [3.05, 3.63) is 82.5 Å². The highest BCUT2D eigenvalue weighted by Gasteiger charge is 2.21. The van der Waals surface area contributed by atoms with Gasteiger partial charge in [-0.15, -0.1) is 11.3 Å². The summed E-state index contributed by atoms with van der Waals surface area (Å²) in [6.07, 6.45) is 3.03. The number of nitrogens with zero attached hydrogens (tertiary/aromatic N) is 2. The SMILES string of the molecule is Cc1nc2ccc3oc4c(-c5cc(CC(C)(C)C)c(-c6c(C)cccc6C)cn5)cccc4c3c2s1. The maximum Gasteiger partial charge on any atom is 0.144 e. The average molecular weight is 491 g/mol. The van der Waals surface area contributed by atoms with Gasteiger partial charge in [0.2, 0.25) is 0 Å². The van der Waals surface area contributed by atoms with E-state index in [-0.39, 0.29) is 5.41 Å². The number of fused-ring (bicyclic) bond motifs is 5. The van der Waals surface area contributed by atoms with Crippen molar-refractivity contribution in [3.8, 4) is 22.4 Å². The molecular weight excluding hydrogens is 460 g/mol. The van der Waals surface area contributed by atoms with Gasteiger partial charge in [0.25, 0.3) is 0 Å². The number of furan rings is 1. The highest BCUT2D eigenvalue weighted by atomic mass is 32.1. The van der Waals surface area contributed by atoms with Gasteiger partial charge >= 0.3 is 0 Å². The van der Waals surface area contributed by atoms with Crippen LogP contribution in [0.4, 0.5) is 0 Å². The molecule has 0 aliphatic rings. The van der Waals surface area contributed by atoms with Crippen molar-refractivity contribution in [1.82, 2.24) is 9.97 Å². The summed E-state index contributed by atoms with van der Waals surface area (Å²) in [5.74, 6) is 0. The van der Waals surface area contributed by atoms with Crippen molar-refractivity contribution in [3.63, 3.8) is 0 Å². The molecular formula is C32H30N2OS. The van der Waals surface area contributed by atoms with Crippen LogP contribution in [0.1, 0.15) is 42.5 Å². The Bertz CT molecular complexity index is 1760. The second-order valence-corrected chi connectivity index (χ2v) is 12.2. The largest absolute Gasteiger partial charge is 0.455 e. The van der Waals surface area contributed by atoms with E-state index in [9.17, 15) is 0 Å². The summed E-state index contributed by atoms with van der Waals surface area (Å²) in [6.45, 7) is 13.3. The first-order valence-electron chi connectivity index (χ1n) is 12.5. The first-order chi connectivity index (χ1) is 17.2. The smallest absolute Gasteiger partial charge is 0.144 e. The molecule has 6 rings (SSSR count). The molecule has 0 spiro atoms.